The lowest BCUT2D eigenvalue weighted by atomic mass is 10.0. The van der Waals surface area contributed by atoms with Crippen molar-refractivity contribution in [2.24, 2.45) is 28.7 Å². The zero-order valence-corrected chi connectivity index (χ0v) is 29.7. The highest BCUT2D eigenvalue weighted by Crippen LogP contribution is 2.19. The highest BCUT2D eigenvalue weighted by atomic mass is 16.4. The Hall–Kier alpha value is -4.09. The Morgan fingerprint density at radius 1 is 0.588 bits per heavy atom. The van der Waals surface area contributed by atoms with Gasteiger partial charge in [0.05, 0.1) is 6.04 Å². The van der Waals surface area contributed by atoms with E-state index in [9.17, 15) is 29.1 Å². The van der Waals surface area contributed by atoms with Crippen molar-refractivity contribution in [1.29, 1.82) is 0 Å². The molecule has 0 aliphatic carbocycles. The molecule has 16 nitrogen and oxygen atoms in total. The summed E-state index contributed by atoms with van der Waals surface area (Å²) in [6, 6.07) is 2.19. The Labute approximate surface area is 300 Å². The molecule has 1 heterocycles. The van der Waals surface area contributed by atoms with Crippen LogP contribution in [0.3, 0.4) is 0 Å². The number of aromatic amines is 1. The van der Waals surface area contributed by atoms with Gasteiger partial charge in [-0.25, -0.2) is 4.79 Å². The minimum absolute atomic E-state index is 0.0142. The van der Waals surface area contributed by atoms with E-state index in [1.807, 2.05) is 24.3 Å². The first-order chi connectivity index (χ1) is 24.6. The molecule has 4 amide bonds. The van der Waals surface area contributed by atoms with Gasteiger partial charge in [-0.15, -0.1) is 0 Å². The molecule has 0 aliphatic rings. The molecule has 0 fully saturated rings. The molecule has 0 aliphatic heterocycles. The largest absolute Gasteiger partial charge is 0.480 e. The lowest BCUT2D eigenvalue weighted by Crippen LogP contribution is -2.58. The van der Waals surface area contributed by atoms with E-state index in [0.717, 1.165) is 10.9 Å². The summed E-state index contributed by atoms with van der Waals surface area (Å²) < 4.78 is 0. The summed E-state index contributed by atoms with van der Waals surface area (Å²) in [6.45, 7) is 1.63. The molecule has 286 valence electrons. The summed E-state index contributed by atoms with van der Waals surface area (Å²) in [7, 11) is 0. The number of amides is 4. The fourth-order valence-corrected chi connectivity index (χ4v) is 5.74. The van der Waals surface area contributed by atoms with Crippen molar-refractivity contribution < 1.29 is 29.1 Å². The molecule has 1 aromatic carbocycles. The molecule has 16 heteroatoms. The van der Waals surface area contributed by atoms with Crippen LogP contribution in [-0.2, 0) is 30.4 Å². The van der Waals surface area contributed by atoms with Crippen LogP contribution < -0.4 is 49.9 Å². The van der Waals surface area contributed by atoms with Crippen LogP contribution in [0.5, 0.6) is 0 Å². The van der Waals surface area contributed by atoms with Crippen LogP contribution in [-0.4, -0.2) is 96.1 Å². The highest BCUT2D eigenvalue weighted by Gasteiger charge is 2.32. The molecule has 0 unspecified atom stereocenters. The number of H-pyrrole nitrogens is 1. The van der Waals surface area contributed by atoms with Crippen molar-refractivity contribution in [3.05, 3.63) is 36.0 Å². The van der Waals surface area contributed by atoms with Gasteiger partial charge in [0.15, 0.2) is 0 Å². The van der Waals surface area contributed by atoms with E-state index in [4.69, 9.17) is 28.7 Å². The van der Waals surface area contributed by atoms with Crippen LogP contribution in [0.25, 0.3) is 10.9 Å². The first kappa shape index (κ1) is 43.1. The number of fused-ring (bicyclic) bond motifs is 1. The van der Waals surface area contributed by atoms with Crippen LogP contribution in [0.15, 0.2) is 30.5 Å². The van der Waals surface area contributed by atoms with Gasteiger partial charge in [0.2, 0.25) is 23.6 Å². The Bertz CT molecular complexity index is 1370. The molecule has 0 spiro atoms. The summed E-state index contributed by atoms with van der Waals surface area (Å²) in [5.74, 6) is -3.58. The highest BCUT2D eigenvalue weighted by molar-refractivity contribution is 5.95. The number of nitrogens with one attached hydrogen (secondary N) is 5. The van der Waals surface area contributed by atoms with Crippen LogP contribution in [0.4, 0.5) is 0 Å². The summed E-state index contributed by atoms with van der Waals surface area (Å²) in [6.07, 6.45) is 7.51. The number of carboxylic acid groups (broad SMARTS) is 1. The monoisotopic (exact) mass is 716 g/mol. The van der Waals surface area contributed by atoms with Gasteiger partial charge < -0.3 is 60.0 Å². The number of para-hydroxylation sites is 1. The van der Waals surface area contributed by atoms with Gasteiger partial charge in [0.1, 0.15) is 24.2 Å². The van der Waals surface area contributed by atoms with Gasteiger partial charge in [-0.2, -0.15) is 0 Å². The van der Waals surface area contributed by atoms with E-state index in [0.29, 0.717) is 89.5 Å². The minimum atomic E-state index is -1.27. The third kappa shape index (κ3) is 15.4. The van der Waals surface area contributed by atoms with Crippen molar-refractivity contribution >= 4 is 40.5 Å². The summed E-state index contributed by atoms with van der Waals surface area (Å²) in [4.78, 5) is 69.3. The standard InChI is InChI=1S/C35H60N10O6/c36-17-7-3-12-25(40)31(46)42-27(14-4-8-18-37)32(47)43-28(15-5-9-19-38)33(48)44-29(16-6-10-20-39)34(49)45-30(35(50)51)21-23-22-41-26-13-2-1-11-24(23)26/h1-2,11,13,22,25,27-30,41H,3-10,12,14-21,36-40H2,(H,42,46)(H,43,47)(H,44,48)(H,45,49)(H,50,51)/t25-,27-,28-,29-,30-/m0/s1. The molecule has 0 bridgehead atoms. The summed E-state index contributed by atoms with van der Waals surface area (Å²) in [5.41, 5.74) is 30.2. The average Bonchev–Trinajstić information content (AvgIpc) is 3.52. The van der Waals surface area contributed by atoms with Gasteiger partial charge >= 0.3 is 5.97 Å². The van der Waals surface area contributed by atoms with Crippen LogP contribution in [0.2, 0.25) is 0 Å². The van der Waals surface area contributed by atoms with Gasteiger partial charge in [0.25, 0.3) is 0 Å². The van der Waals surface area contributed by atoms with Gasteiger partial charge in [-0.3, -0.25) is 19.2 Å². The van der Waals surface area contributed by atoms with Crippen molar-refractivity contribution in [2.45, 2.75) is 114 Å². The molecule has 0 saturated carbocycles. The molecule has 51 heavy (non-hydrogen) atoms. The molecular weight excluding hydrogens is 656 g/mol. The first-order valence-electron chi connectivity index (χ1n) is 18.1. The number of carboxylic acids is 1. The zero-order chi connectivity index (χ0) is 37.6. The number of hydrogen-bond donors (Lipinski definition) is 11. The lowest BCUT2D eigenvalue weighted by molar-refractivity contribution is -0.142. The van der Waals surface area contributed by atoms with Crippen LogP contribution in [0, 0.1) is 0 Å². The summed E-state index contributed by atoms with van der Waals surface area (Å²) in [5, 5.41) is 21.7. The lowest BCUT2D eigenvalue weighted by Gasteiger charge is -2.26. The molecule has 0 radical (unpaired) electrons. The molecule has 0 saturated heterocycles. The Balaban J connectivity index is 2.23. The van der Waals surface area contributed by atoms with Gasteiger partial charge in [-0.05, 0) is 108 Å². The second kappa shape index (κ2) is 24.2. The Morgan fingerprint density at radius 2 is 1.00 bits per heavy atom. The number of unbranched alkanes of at least 4 members (excludes halogenated alkanes) is 4. The average molecular weight is 717 g/mol. The van der Waals surface area contributed by atoms with E-state index < -0.39 is 59.8 Å². The number of aromatic nitrogens is 1. The van der Waals surface area contributed by atoms with Crippen molar-refractivity contribution in [3.63, 3.8) is 0 Å². The van der Waals surface area contributed by atoms with Crippen molar-refractivity contribution in [3.8, 4) is 0 Å². The smallest absolute Gasteiger partial charge is 0.326 e. The van der Waals surface area contributed by atoms with E-state index in [-0.39, 0.29) is 25.7 Å². The molecule has 5 atom stereocenters. The van der Waals surface area contributed by atoms with Gasteiger partial charge in [0, 0.05) is 23.5 Å². The van der Waals surface area contributed by atoms with E-state index in [1.54, 1.807) is 6.20 Å². The fraction of sp³-hybridized carbons (Fsp3) is 0.629. The van der Waals surface area contributed by atoms with Crippen LogP contribution >= 0.6 is 0 Å². The van der Waals surface area contributed by atoms with Crippen molar-refractivity contribution in [2.75, 3.05) is 26.2 Å². The number of rotatable bonds is 27. The summed E-state index contributed by atoms with van der Waals surface area (Å²) >= 11 is 0. The van der Waals surface area contributed by atoms with E-state index >= 15 is 0 Å². The maximum atomic E-state index is 13.8. The van der Waals surface area contributed by atoms with E-state index in [1.165, 1.54) is 0 Å². The van der Waals surface area contributed by atoms with Crippen molar-refractivity contribution in [1.82, 2.24) is 26.3 Å². The number of carbonyl (C=O) groups is 5. The zero-order valence-electron chi connectivity index (χ0n) is 29.7. The normalized spacial score (nSPS) is 14.2. The maximum absolute atomic E-state index is 13.8. The minimum Gasteiger partial charge on any atom is -0.480 e. The number of carbonyl (C=O) groups excluding carboxylic acids is 4. The Kier molecular flexibility index (Phi) is 20.4. The van der Waals surface area contributed by atoms with Gasteiger partial charge in [-0.1, -0.05) is 24.6 Å². The quantitative estimate of drug-likeness (QED) is 0.0528. The molecule has 16 N–H and O–H groups in total. The third-order valence-corrected chi connectivity index (χ3v) is 8.76. The third-order valence-electron chi connectivity index (χ3n) is 8.76. The molecule has 2 aromatic rings. The maximum Gasteiger partial charge on any atom is 0.326 e. The second-order valence-corrected chi connectivity index (χ2v) is 12.9. The van der Waals surface area contributed by atoms with E-state index in [2.05, 4.69) is 26.3 Å². The molecule has 1 aromatic heterocycles. The Morgan fingerprint density at radius 3 is 1.45 bits per heavy atom. The van der Waals surface area contributed by atoms with Crippen LogP contribution in [0.1, 0.15) is 82.6 Å². The number of hydrogen-bond acceptors (Lipinski definition) is 10. The number of aliphatic carboxylic acids is 1. The number of nitrogens with two attached hydrogens (primary N) is 5. The predicted molar refractivity (Wildman–Crippen MR) is 197 cm³/mol. The molecule has 2 rings (SSSR count). The number of benzene rings is 1. The SMILES string of the molecule is NCCCC[C@H](NC(=O)[C@H](CCCCN)NC(=O)[C@H](CCCCN)NC(=O)[C@@H](N)CCCCN)C(=O)N[C@@H](Cc1c[nH]c2ccccc12)C(=O)O. The fourth-order valence-electron chi connectivity index (χ4n) is 5.74. The predicted octanol–water partition coefficient (Wildman–Crippen LogP) is -0.423. The first-order valence-corrected chi connectivity index (χ1v) is 18.1. The molecular formula is C35H60N10O6. The topological polar surface area (TPSA) is 300 Å². The second-order valence-electron chi connectivity index (χ2n) is 12.9.